The molecule has 8 nitrogen and oxygen atoms in total. The molecule has 1 aliphatic carbocycles. The summed E-state index contributed by atoms with van der Waals surface area (Å²) in [4.78, 5) is 19.0. The Kier molecular flexibility index (Phi) is 4.20. The van der Waals surface area contributed by atoms with E-state index in [1.54, 1.807) is 17.2 Å². The minimum atomic E-state index is -0.456. The summed E-state index contributed by atoms with van der Waals surface area (Å²) in [6.07, 6.45) is 7.77. The lowest BCUT2D eigenvalue weighted by Crippen LogP contribution is -2.36. The lowest BCUT2D eigenvalue weighted by Gasteiger charge is -2.34. The number of hydrogen-bond acceptors (Lipinski definition) is 5. The number of hydrogen-bond donors (Lipinski definition) is 2. The van der Waals surface area contributed by atoms with Crippen molar-refractivity contribution in [2.24, 2.45) is 11.8 Å². The minimum Gasteiger partial charge on any atom is -0.391 e. The molecule has 2 N–H and O–H groups in total. The Morgan fingerprint density at radius 1 is 1.18 bits per heavy atom. The summed E-state index contributed by atoms with van der Waals surface area (Å²) >= 11 is 0. The molecule has 5 rings (SSSR count). The second-order valence-corrected chi connectivity index (χ2v) is 7.78. The standard InChI is InChI=1S/C20H22N6O2/c27-19-6-16-10-25(9-15(16)5-18(19)26-12-21-11-24-26)20(28)14-3-1-2-13(4-14)17-7-22-23-8-17/h1-4,7-8,11-12,15-16,18-19,27H,5-6,9-10H2,(H,22,23)/t15-,16+,18-,19-/m1/s1. The van der Waals surface area contributed by atoms with Gasteiger partial charge in [0.15, 0.2) is 0 Å². The van der Waals surface area contributed by atoms with Crippen LogP contribution in [0.3, 0.4) is 0 Å². The monoisotopic (exact) mass is 378 g/mol. The summed E-state index contributed by atoms with van der Waals surface area (Å²) in [6.45, 7) is 1.41. The molecule has 8 heteroatoms. The van der Waals surface area contributed by atoms with Crippen molar-refractivity contribution in [3.8, 4) is 11.1 Å². The summed E-state index contributed by atoms with van der Waals surface area (Å²) in [5.74, 6) is 0.751. The van der Waals surface area contributed by atoms with Crippen LogP contribution < -0.4 is 0 Å². The minimum absolute atomic E-state index is 0.0477. The zero-order chi connectivity index (χ0) is 19.1. The van der Waals surface area contributed by atoms with E-state index in [-0.39, 0.29) is 11.9 Å². The lowest BCUT2D eigenvalue weighted by molar-refractivity contribution is 0.0304. The quantitative estimate of drug-likeness (QED) is 0.723. The van der Waals surface area contributed by atoms with Gasteiger partial charge < -0.3 is 10.0 Å². The summed E-state index contributed by atoms with van der Waals surface area (Å²) in [5.41, 5.74) is 2.62. The van der Waals surface area contributed by atoms with Gasteiger partial charge in [0.1, 0.15) is 12.7 Å². The molecule has 3 aromatic rings. The van der Waals surface area contributed by atoms with Gasteiger partial charge in [0.2, 0.25) is 0 Å². The Morgan fingerprint density at radius 3 is 2.79 bits per heavy atom. The Morgan fingerprint density at radius 2 is 2.04 bits per heavy atom. The molecule has 28 heavy (non-hydrogen) atoms. The smallest absolute Gasteiger partial charge is 0.253 e. The Labute approximate surface area is 162 Å². The van der Waals surface area contributed by atoms with Crippen molar-refractivity contribution in [1.29, 1.82) is 0 Å². The Bertz CT molecular complexity index is 955. The van der Waals surface area contributed by atoms with Gasteiger partial charge in [0, 0.05) is 30.4 Å². The third-order valence-corrected chi connectivity index (χ3v) is 6.11. The van der Waals surface area contributed by atoms with E-state index in [0.717, 1.165) is 24.1 Å². The van der Waals surface area contributed by atoms with Gasteiger partial charge in [-0.15, -0.1) is 0 Å². The molecule has 0 radical (unpaired) electrons. The van der Waals surface area contributed by atoms with Gasteiger partial charge in [-0.05, 0) is 42.4 Å². The number of aromatic amines is 1. The molecule has 1 saturated heterocycles. The number of benzene rings is 1. The second kappa shape index (κ2) is 6.87. The molecular weight excluding hydrogens is 356 g/mol. The van der Waals surface area contributed by atoms with Crippen molar-refractivity contribution in [2.75, 3.05) is 13.1 Å². The van der Waals surface area contributed by atoms with E-state index in [2.05, 4.69) is 20.3 Å². The van der Waals surface area contributed by atoms with Crippen LogP contribution >= 0.6 is 0 Å². The van der Waals surface area contributed by atoms with Gasteiger partial charge in [-0.1, -0.05) is 12.1 Å². The highest BCUT2D eigenvalue weighted by Gasteiger charge is 2.43. The number of carbonyl (C=O) groups is 1. The molecule has 2 aliphatic rings. The van der Waals surface area contributed by atoms with Crippen LogP contribution in [0.1, 0.15) is 29.2 Å². The first kappa shape index (κ1) is 17.1. The number of aliphatic hydroxyl groups is 1. The highest BCUT2D eigenvalue weighted by molar-refractivity contribution is 5.95. The number of carbonyl (C=O) groups excluding carboxylic acids is 1. The summed E-state index contributed by atoms with van der Waals surface area (Å²) in [6, 6.07) is 7.60. The topological polar surface area (TPSA) is 99.9 Å². The van der Waals surface area contributed by atoms with E-state index in [1.807, 2.05) is 35.4 Å². The predicted molar refractivity (Wildman–Crippen MR) is 101 cm³/mol. The normalized spacial score (nSPS) is 27.0. The fourth-order valence-corrected chi connectivity index (χ4v) is 4.67. The molecule has 1 aliphatic heterocycles. The number of aromatic nitrogens is 5. The van der Waals surface area contributed by atoms with Crippen LogP contribution in [0, 0.1) is 11.8 Å². The van der Waals surface area contributed by atoms with Crippen molar-refractivity contribution in [1.82, 2.24) is 29.9 Å². The number of aliphatic hydroxyl groups excluding tert-OH is 1. The molecule has 3 heterocycles. The average molecular weight is 378 g/mol. The van der Waals surface area contributed by atoms with E-state index in [0.29, 0.717) is 30.4 Å². The van der Waals surface area contributed by atoms with Crippen LogP contribution in [0.15, 0.2) is 49.3 Å². The van der Waals surface area contributed by atoms with Gasteiger partial charge in [-0.25, -0.2) is 9.67 Å². The van der Waals surface area contributed by atoms with E-state index >= 15 is 0 Å². The van der Waals surface area contributed by atoms with Crippen LogP contribution in [0.4, 0.5) is 0 Å². The number of nitrogens with one attached hydrogen (secondary N) is 1. The number of nitrogens with zero attached hydrogens (tertiary/aromatic N) is 5. The molecule has 2 fully saturated rings. The molecule has 4 atom stereocenters. The van der Waals surface area contributed by atoms with Gasteiger partial charge in [0.25, 0.3) is 5.91 Å². The van der Waals surface area contributed by atoms with E-state index in [4.69, 9.17) is 0 Å². The number of amides is 1. The van der Waals surface area contributed by atoms with Crippen LogP contribution in [0.5, 0.6) is 0 Å². The van der Waals surface area contributed by atoms with Gasteiger partial charge in [-0.3, -0.25) is 9.89 Å². The van der Waals surface area contributed by atoms with Crippen molar-refractivity contribution >= 4 is 5.91 Å². The first-order valence-corrected chi connectivity index (χ1v) is 9.59. The zero-order valence-corrected chi connectivity index (χ0v) is 15.3. The third-order valence-electron chi connectivity index (χ3n) is 6.11. The van der Waals surface area contributed by atoms with Crippen molar-refractivity contribution < 1.29 is 9.90 Å². The van der Waals surface area contributed by atoms with Crippen LogP contribution in [0.2, 0.25) is 0 Å². The van der Waals surface area contributed by atoms with Crippen LogP contribution in [0.25, 0.3) is 11.1 Å². The highest BCUT2D eigenvalue weighted by atomic mass is 16.3. The van der Waals surface area contributed by atoms with Crippen molar-refractivity contribution in [3.05, 3.63) is 54.9 Å². The molecule has 0 unspecified atom stereocenters. The van der Waals surface area contributed by atoms with Crippen LogP contribution in [-0.4, -0.2) is 60.1 Å². The predicted octanol–water partition coefficient (Wildman–Crippen LogP) is 1.75. The first-order chi connectivity index (χ1) is 13.7. The SMILES string of the molecule is O=C(c1cccc(-c2cn[nH]c2)c1)N1C[C@H]2C[C@@H](n3cncn3)[C@H](O)C[C@H]2C1. The highest BCUT2D eigenvalue weighted by Crippen LogP contribution is 2.41. The summed E-state index contributed by atoms with van der Waals surface area (Å²) in [5, 5.41) is 21.6. The molecule has 2 aromatic heterocycles. The second-order valence-electron chi connectivity index (χ2n) is 7.78. The Hall–Kier alpha value is -3.00. The molecule has 1 aromatic carbocycles. The van der Waals surface area contributed by atoms with Crippen molar-refractivity contribution in [2.45, 2.75) is 25.0 Å². The van der Waals surface area contributed by atoms with Crippen LogP contribution in [-0.2, 0) is 0 Å². The van der Waals surface area contributed by atoms with Gasteiger partial charge in [0.05, 0.1) is 18.3 Å². The van der Waals surface area contributed by atoms with E-state index in [9.17, 15) is 9.90 Å². The summed E-state index contributed by atoms with van der Waals surface area (Å²) < 4.78 is 1.75. The number of rotatable bonds is 3. The average Bonchev–Trinajstić information content (AvgIpc) is 3.47. The maximum Gasteiger partial charge on any atom is 0.253 e. The largest absolute Gasteiger partial charge is 0.391 e. The molecule has 144 valence electrons. The number of likely N-dealkylation sites (tertiary alicyclic amines) is 1. The van der Waals surface area contributed by atoms with Crippen molar-refractivity contribution in [3.63, 3.8) is 0 Å². The molecule has 0 bridgehead atoms. The fraction of sp³-hybridized carbons (Fsp3) is 0.400. The molecule has 1 amide bonds. The third kappa shape index (κ3) is 2.99. The summed E-state index contributed by atoms with van der Waals surface area (Å²) in [7, 11) is 0. The Balaban J connectivity index is 1.32. The fourth-order valence-electron chi connectivity index (χ4n) is 4.67. The molecule has 0 spiro atoms. The van der Waals surface area contributed by atoms with Gasteiger partial charge >= 0.3 is 0 Å². The maximum atomic E-state index is 13.1. The van der Waals surface area contributed by atoms with Gasteiger partial charge in [-0.2, -0.15) is 10.2 Å². The maximum absolute atomic E-state index is 13.1. The lowest BCUT2D eigenvalue weighted by atomic mass is 9.77. The first-order valence-electron chi connectivity index (χ1n) is 9.59. The number of fused-ring (bicyclic) bond motifs is 1. The number of H-pyrrole nitrogens is 1. The molecular formula is C20H22N6O2. The van der Waals surface area contributed by atoms with E-state index < -0.39 is 6.10 Å². The van der Waals surface area contributed by atoms with E-state index in [1.165, 1.54) is 6.33 Å². The zero-order valence-electron chi connectivity index (χ0n) is 15.3. The molecule has 1 saturated carbocycles.